The molecular formula is C12H14O. The van der Waals surface area contributed by atoms with Crippen LogP contribution in [0.4, 0.5) is 0 Å². The molecule has 0 radical (unpaired) electrons. The van der Waals surface area contributed by atoms with E-state index in [0.717, 1.165) is 19.4 Å². The summed E-state index contributed by atoms with van der Waals surface area (Å²) in [5, 5.41) is 0. The molecule has 0 aliphatic carbocycles. The molecule has 1 nitrogen and oxygen atoms in total. The van der Waals surface area contributed by atoms with E-state index >= 15 is 0 Å². The van der Waals surface area contributed by atoms with Gasteiger partial charge in [0.1, 0.15) is 0 Å². The van der Waals surface area contributed by atoms with Gasteiger partial charge in [0.15, 0.2) is 0 Å². The van der Waals surface area contributed by atoms with Crippen molar-refractivity contribution < 1.29 is 4.74 Å². The van der Waals surface area contributed by atoms with Crippen molar-refractivity contribution in [2.45, 2.75) is 18.9 Å². The minimum Gasteiger partial charge on any atom is -0.374 e. The van der Waals surface area contributed by atoms with Gasteiger partial charge in [-0.15, -0.1) is 0 Å². The Morgan fingerprint density at radius 3 is 2.62 bits per heavy atom. The summed E-state index contributed by atoms with van der Waals surface area (Å²) >= 11 is 0. The van der Waals surface area contributed by atoms with Crippen molar-refractivity contribution in [3.8, 4) is 0 Å². The molecule has 1 aliphatic rings. The molecule has 1 aliphatic heterocycles. The van der Waals surface area contributed by atoms with Crippen molar-refractivity contribution in [1.29, 1.82) is 0 Å². The quantitative estimate of drug-likeness (QED) is 0.640. The summed E-state index contributed by atoms with van der Waals surface area (Å²) in [6.07, 6.45) is 2.41. The third kappa shape index (κ3) is 1.99. The van der Waals surface area contributed by atoms with Crippen molar-refractivity contribution in [2.75, 3.05) is 6.61 Å². The summed E-state index contributed by atoms with van der Waals surface area (Å²) in [5.41, 5.74) is 2.53. The lowest BCUT2D eigenvalue weighted by Gasteiger charge is -2.28. The number of ether oxygens (including phenoxy) is 1. The van der Waals surface area contributed by atoms with Crippen molar-refractivity contribution in [3.05, 3.63) is 48.0 Å². The monoisotopic (exact) mass is 174 g/mol. The molecule has 1 fully saturated rings. The second-order valence-electron chi connectivity index (χ2n) is 3.47. The summed E-state index contributed by atoms with van der Waals surface area (Å²) in [6.45, 7) is 4.95. The minimum atomic E-state index is 0.320. The lowest BCUT2D eigenvalue weighted by Crippen LogP contribution is -2.29. The molecule has 1 atom stereocenters. The first-order valence-electron chi connectivity index (χ1n) is 4.69. The van der Waals surface area contributed by atoms with Gasteiger partial charge in [0.25, 0.3) is 0 Å². The van der Waals surface area contributed by atoms with Gasteiger partial charge in [-0.1, -0.05) is 36.9 Å². The third-order valence-corrected chi connectivity index (χ3v) is 2.43. The van der Waals surface area contributed by atoms with E-state index in [-0.39, 0.29) is 0 Å². The molecule has 0 unspecified atom stereocenters. The van der Waals surface area contributed by atoms with Crippen LogP contribution in [0.1, 0.15) is 12.0 Å². The molecule has 1 aromatic carbocycles. The zero-order valence-corrected chi connectivity index (χ0v) is 7.70. The highest BCUT2D eigenvalue weighted by molar-refractivity contribution is 5.22. The molecule has 1 heteroatoms. The summed E-state index contributed by atoms with van der Waals surface area (Å²) in [5.74, 6) is 0. The highest BCUT2D eigenvalue weighted by Gasteiger charge is 2.20. The highest BCUT2D eigenvalue weighted by Crippen LogP contribution is 2.21. The fourth-order valence-electron chi connectivity index (χ4n) is 1.53. The van der Waals surface area contributed by atoms with Crippen LogP contribution in [-0.2, 0) is 11.2 Å². The molecular weight excluding hydrogens is 160 g/mol. The van der Waals surface area contributed by atoms with E-state index in [4.69, 9.17) is 4.74 Å². The Morgan fingerprint density at radius 2 is 2.08 bits per heavy atom. The fraction of sp³-hybridized carbons (Fsp3) is 0.333. The summed E-state index contributed by atoms with van der Waals surface area (Å²) in [4.78, 5) is 0. The fourth-order valence-corrected chi connectivity index (χ4v) is 1.53. The maximum absolute atomic E-state index is 5.37. The standard InChI is InChI=1S/C12H14O/c1-10(12-7-8-13-12)9-11-5-3-2-4-6-11/h2-6,12H,1,7-9H2/t12-/m0/s1. The molecule has 0 saturated carbocycles. The van der Waals surface area contributed by atoms with E-state index in [2.05, 4.69) is 30.8 Å². The van der Waals surface area contributed by atoms with Crippen molar-refractivity contribution in [1.82, 2.24) is 0 Å². The first-order chi connectivity index (χ1) is 6.36. The number of hydrogen-bond donors (Lipinski definition) is 0. The molecule has 1 saturated heterocycles. The van der Waals surface area contributed by atoms with Crippen molar-refractivity contribution in [3.63, 3.8) is 0 Å². The van der Waals surface area contributed by atoms with E-state index in [1.807, 2.05) is 6.07 Å². The average molecular weight is 174 g/mol. The van der Waals surface area contributed by atoms with Gasteiger partial charge < -0.3 is 4.74 Å². The molecule has 2 rings (SSSR count). The van der Waals surface area contributed by atoms with Crippen LogP contribution < -0.4 is 0 Å². The van der Waals surface area contributed by atoms with Crippen LogP contribution in [0.25, 0.3) is 0 Å². The topological polar surface area (TPSA) is 9.23 Å². The second kappa shape index (κ2) is 3.75. The number of rotatable bonds is 3. The Kier molecular flexibility index (Phi) is 2.46. The summed E-state index contributed by atoms with van der Waals surface area (Å²) in [6, 6.07) is 10.4. The van der Waals surface area contributed by atoms with Gasteiger partial charge in [0, 0.05) is 6.42 Å². The van der Waals surface area contributed by atoms with Gasteiger partial charge in [0.2, 0.25) is 0 Å². The first-order valence-corrected chi connectivity index (χ1v) is 4.69. The number of hydrogen-bond acceptors (Lipinski definition) is 1. The molecule has 0 bridgehead atoms. The smallest absolute Gasteiger partial charge is 0.0807 e. The Balaban J connectivity index is 1.94. The predicted octanol–water partition coefficient (Wildman–Crippen LogP) is 2.57. The van der Waals surface area contributed by atoms with Crippen LogP contribution in [0.2, 0.25) is 0 Å². The van der Waals surface area contributed by atoms with Crippen molar-refractivity contribution in [2.24, 2.45) is 0 Å². The Bertz CT molecular complexity index is 285. The second-order valence-corrected chi connectivity index (χ2v) is 3.47. The maximum atomic E-state index is 5.37. The van der Waals surface area contributed by atoms with Gasteiger partial charge in [-0.3, -0.25) is 0 Å². The SMILES string of the molecule is C=C(Cc1ccccc1)[C@@H]1CCO1. The Hall–Kier alpha value is -1.08. The van der Waals surface area contributed by atoms with Crippen LogP contribution in [0.5, 0.6) is 0 Å². The van der Waals surface area contributed by atoms with Crippen LogP contribution >= 0.6 is 0 Å². The summed E-state index contributed by atoms with van der Waals surface area (Å²) < 4.78 is 5.37. The van der Waals surface area contributed by atoms with E-state index in [9.17, 15) is 0 Å². The Morgan fingerprint density at radius 1 is 1.38 bits per heavy atom. The first kappa shape index (κ1) is 8.52. The van der Waals surface area contributed by atoms with Gasteiger partial charge in [-0.2, -0.15) is 0 Å². The lowest BCUT2D eigenvalue weighted by molar-refractivity contribution is -0.0269. The van der Waals surface area contributed by atoms with E-state index < -0.39 is 0 Å². The van der Waals surface area contributed by atoms with Crippen LogP contribution in [0.3, 0.4) is 0 Å². The van der Waals surface area contributed by atoms with E-state index in [1.165, 1.54) is 11.1 Å². The van der Waals surface area contributed by atoms with Gasteiger partial charge in [-0.05, 0) is 17.6 Å². The average Bonchev–Trinajstić information content (AvgIpc) is 2.02. The molecule has 1 aromatic rings. The van der Waals surface area contributed by atoms with Crippen LogP contribution in [-0.4, -0.2) is 12.7 Å². The van der Waals surface area contributed by atoms with Gasteiger partial charge in [0.05, 0.1) is 12.7 Å². The highest BCUT2D eigenvalue weighted by atomic mass is 16.5. The normalized spacial score (nSPS) is 20.8. The van der Waals surface area contributed by atoms with Crippen LogP contribution in [0.15, 0.2) is 42.5 Å². The number of benzene rings is 1. The van der Waals surface area contributed by atoms with E-state index in [0.29, 0.717) is 6.10 Å². The largest absolute Gasteiger partial charge is 0.374 e. The van der Waals surface area contributed by atoms with Crippen LogP contribution in [0, 0.1) is 0 Å². The minimum absolute atomic E-state index is 0.320. The molecule has 0 spiro atoms. The molecule has 13 heavy (non-hydrogen) atoms. The molecule has 0 N–H and O–H groups in total. The molecule has 1 heterocycles. The van der Waals surface area contributed by atoms with Gasteiger partial charge >= 0.3 is 0 Å². The molecule has 68 valence electrons. The molecule has 0 aromatic heterocycles. The zero-order valence-electron chi connectivity index (χ0n) is 7.70. The Labute approximate surface area is 79.0 Å². The zero-order chi connectivity index (χ0) is 9.10. The summed E-state index contributed by atoms with van der Waals surface area (Å²) in [7, 11) is 0. The molecule has 0 amide bonds. The predicted molar refractivity (Wildman–Crippen MR) is 53.6 cm³/mol. The van der Waals surface area contributed by atoms with E-state index in [1.54, 1.807) is 0 Å². The van der Waals surface area contributed by atoms with Crippen molar-refractivity contribution >= 4 is 0 Å². The lowest BCUT2D eigenvalue weighted by atomic mass is 9.98. The third-order valence-electron chi connectivity index (χ3n) is 2.43. The van der Waals surface area contributed by atoms with Gasteiger partial charge in [-0.25, -0.2) is 0 Å². The maximum Gasteiger partial charge on any atom is 0.0807 e.